The molecule has 0 aliphatic rings. The Kier molecular flexibility index (Phi) is 6.75. The predicted molar refractivity (Wildman–Crippen MR) is 125 cm³/mol. The Morgan fingerprint density at radius 2 is 1.73 bits per heavy atom. The molecule has 1 heterocycles. The minimum atomic E-state index is -0.677. The molecule has 0 saturated heterocycles. The highest BCUT2D eigenvalue weighted by molar-refractivity contribution is 6.30. The van der Waals surface area contributed by atoms with Crippen molar-refractivity contribution in [3.63, 3.8) is 0 Å². The van der Waals surface area contributed by atoms with E-state index in [0.29, 0.717) is 28.1 Å². The molecule has 0 bridgehead atoms. The number of hydrogen-bond acceptors (Lipinski definition) is 6. The summed E-state index contributed by atoms with van der Waals surface area (Å²) >= 11 is 5.96. The molecule has 0 unspecified atom stereocenters. The Labute approximate surface area is 195 Å². The van der Waals surface area contributed by atoms with Crippen molar-refractivity contribution >= 4 is 23.3 Å². The normalized spacial score (nSPS) is 11.5. The van der Waals surface area contributed by atoms with Gasteiger partial charge in [-0.05, 0) is 42.0 Å². The van der Waals surface area contributed by atoms with Crippen LogP contribution in [0.2, 0.25) is 5.02 Å². The van der Waals surface area contributed by atoms with Crippen LogP contribution in [0.5, 0.6) is 11.5 Å². The molecule has 33 heavy (non-hydrogen) atoms. The van der Waals surface area contributed by atoms with Gasteiger partial charge < -0.3 is 24.5 Å². The number of benzene rings is 3. The van der Waals surface area contributed by atoms with E-state index >= 15 is 0 Å². The lowest BCUT2D eigenvalue weighted by Gasteiger charge is -2.17. The molecule has 168 valence electrons. The van der Waals surface area contributed by atoms with E-state index in [4.69, 9.17) is 25.5 Å². The maximum atomic E-state index is 12.9. The molecule has 8 nitrogen and oxygen atoms in total. The van der Waals surface area contributed by atoms with E-state index in [0.717, 1.165) is 11.1 Å². The van der Waals surface area contributed by atoms with Crippen molar-refractivity contribution in [2.45, 2.75) is 6.04 Å². The van der Waals surface area contributed by atoms with Crippen LogP contribution in [0, 0.1) is 0 Å². The fourth-order valence-corrected chi connectivity index (χ4v) is 3.31. The van der Waals surface area contributed by atoms with Crippen molar-refractivity contribution in [3.8, 4) is 23.0 Å². The van der Waals surface area contributed by atoms with Crippen LogP contribution in [-0.4, -0.2) is 30.4 Å². The number of nitrogens with zero attached hydrogens (tertiary/aromatic N) is 2. The topological polar surface area (TPSA) is 98.5 Å². The van der Waals surface area contributed by atoms with Crippen molar-refractivity contribution in [3.05, 3.63) is 89.3 Å². The third-order valence-corrected chi connectivity index (χ3v) is 5.10. The van der Waals surface area contributed by atoms with E-state index in [1.807, 2.05) is 30.3 Å². The van der Waals surface area contributed by atoms with E-state index < -0.39 is 12.1 Å². The van der Waals surface area contributed by atoms with E-state index in [9.17, 15) is 4.79 Å². The number of halogens is 1. The third kappa shape index (κ3) is 5.24. The number of carbonyl (C=O) groups is 1. The Balaban J connectivity index is 1.59. The number of carbonyl (C=O) groups excluding carboxylic acids is 1. The summed E-state index contributed by atoms with van der Waals surface area (Å²) in [6.45, 7) is 0. The minimum absolute atomic E-state index is 0.239. The fourth-order valence-electron chi connectivity index (χ4n) is 3.18. The van der Waals surface area contributed by atoms with Crippen molar-refractivity contribution in [1.82, 2.24) is 15.5 Å². The first-order valence-electron chi connectivity index (χ1n) is 10.0. The molecule has 3 aromatic carbocycles. The maximum absolute atomic E-state index is 12.9. The van der Waals surface area contributed by atoms with Gasteiger partial charge in [-0.1, -0.05) is 41.9 Å². The smallest absolute Gasteiger partial charge is 0.320 e. The lowest BCUT2D eigenvalue weighted by Crippen LogP contribution is -2.33. The van der Waals surface area contributed by atoms with Crippen LogP contribution in [0.1, 0.15) is 17.5 Å². The van der Waals surface area contributed by atoms with Gasteiger partial charge in [-0.25, -0.2) is 4.79 Å². The second-order valence-corrected chi connectivity index (χ2v) is 7.40. The highest BCUT2D eigenvalue weighted by Crippen LogP contribution is 2.30. The summed E-state index contributed by atoms with van der Waals surface area (Å²) in [7, 11) is 3.07. The summed E-state index contributed by atoms with van der Waals surface area (Å²) in [6.07, 6.45) is 0. The SMILES string of the molecule is COc1ccc(NC(=O)N[C@@H](c2ccccc2)c2nnc(-c3ccc(Cl)cc3)o2)c(OC)c1. The van der Waals surface area contributed by atoms with Gasteiger partial charge in [0.05, 0.1) is 19.9 Å². The molecule has 0 radical (unpaired) electrons. The van der Waals surface area contributed by atoms with Crippen molar-refractivity contribution in [2.75, 3.05) is 19.5 Å². The molecule has 4 rings (SSSR count). The van der Waals surface area contributed by atoms with Crippen molar-refractivity contribution in [2.24, 2.45) is 0 Å². The van der Waals surface area contributed by atoms with Gasteiger partial charge in [0.1, 0.15) is 17.5 Å². The van der Waals surface area contributed by atoms with Crippen LogP contribution in [0.4, 0.5) is 10.5 Å². The first-order valence-corrected chi connectivity index (χ1v) is 10.4. The number of methoxy groups -OCH3 is 2. The number of amides is 2. The van der Waals surface area contributed by atoms with E-state index in [-0.39, 0.29) is 5.89 Å². The van der Waals surface area contributed by atoms with Gasteiger partial charge >= 0.3 is 6.03 Å². The zero-order valence-electron chi connectivity index (χ0n) is 17.9. The van der Waals surface area contributed by atoms with Crippen LogP contribution in [0.25, 0.3) is 11.5 Å². The van der Waals surface area contributed by atoms with E-state index in [1.165, 1.54) is 7.11 Å². The van der Waals surface area contributed by atoms with Crippen molar-refractivity contribution < 1.29 is 18.7 Å². The highest BCUT2D eigenvalue weighted by atomic mass is 35.5. The second kappa shape index (κ2) is 10.1. The number of ether oxygens (including phenoxy) is 2. The van der Waals surface area contributed by atoms with Crippen LogP contribution < -0.4 is 20.1 Å². The van der Waals surface area contributed by atoms with Gasteiger partial charge in [0, 0.05) is 16.7 Å². The first kappa shape index (κ1) is 22.2. The predicted octanol–water partition coefficient (Wildman–Crippen LogP) is 5.32. The number of aromatic nitrogens is 2. The molecule has 0 aliphatic carbocycles. The number of hydrogen-bond donors (Lipinski definition) is 2. The molecule has 1 atom stereocenters. The quantitative estimate of drug-likeness (QED) is 0.384. The van der Waals surface area contributed by atoms with Crippen LogP contribution in [-0.2, 0) is 0 Å². The molecule has 2 N–H and O–H groups in total. The zero-order valence-corrected chi connectivity index (χ0v) is 18.7. The lowest BCUT2D eigenvalue weighted by molar-refractivity contribution is 0.248. The Morgan fingerprint density at radius 3 is 2.42 bits per heavy atom. The molecular weight excluding hydrogens is 444 g/mol. The Morgan fingerprint density at radius 1 is 0.970 bits per heavy atom. The van der Waals surface area contributed by atoms with Crippen LogP contribution in [0.15, 0.2) is 77.2 Å². The summed E-state index contributed by atoms with van der Waals surface area (Å²) < 4.78 is 16.5. The number of nitrogens with one attached hydrogen (secondary N) is 2. The molecule has 2 amide bonds. The highest BCUT2D eigenvalue weighted by Gasteiger charge is 2.24. The third-order valence-electron chi connectivity index (χ3n) is 4.84. The van der Waals surface area contributed by atoms with E-state index in [1.54, 1.807) is 49.6 Å². The zero-order chi connectivity index (χ0) is 23.2. The largest absolute Gasteiger partial charge is 0.497 e. The molecule has 4 aromatic rings. The summed E-state index contributed by atoms with van der Waals surface area (Å²) in [5.74, 6) is 1.63. The molecule has 9 heteroatoms. The minimum Gasteiger partial charge on any atom is -0.497 e. The molecule has 0 spiro atoms. The van der Waals surface area contributed by atoms with Gasteiger partial charge in [-0.3, -0.25) is 0 Å². The monoisotopic (exact) mass is 464 g/mol. The Bertz CT molecular complexity index is 1230. The Hall–Kier alpha value is -4.04. The second-order valence-electron chi connectivity index (χ2n) is 6.96. The van der Waals surface area contributed by atoms with Crippen LogP contribution >= 0.6 is 11.6 Å². The molecular formula is C24H21ClN4O4. The van der Waals surface area contributed by atoms with Crippen molar-refractivity contribution in [1.29, 1.82) is 0 Å². The van der Waals surface area contributed by atoms with Gasteiger partial charge in [0.2, 0.25) is 11.8 Å². The first-order chi connectivity index (χ1) is 16.1. The lowest BCUT2D eigenvalue weighted by atomic mass is 10.1. The van der Waals surface area contributed by atoms with Crippen LogP contribution in [0.3, 0.4) is 0 Å². The molecule has 0 fully saturated rings. The number of anilines is 1. The van der Waals surface area contributed by atoms with E-state index in [2.05, 4.69) is 20.8 Å². The fraction of sp³-hybridized carbons (Fsp3) is 0.125. The summed E-state index contributed by atoms with van der Waals surface area (Å²) in [5.41, 5.74) is 1.98. The molecule has 0 saturated carbocycles. The summed E-state index contributed by atoms with van der Waals surface area (Å²) in [4.78, 5) is 12.9. The van der Waals surface area contributed by atoms with Gasteiger partial charge in [0.15, 0.2) is 0 Å². The summed E-state index contributed by atoms with van der Waals surface area (Å²) in [5, 5.41) is 14.6. The summed E-state index contributed by atoms with van der Waals surface area (Å²) in [6, 6.07) is 20.3. The van der Waals surface area contributed by atoms with Gasteiger partial charge in [-0.15, -0.1) is 10.2 Å². The average molecular weight is 465 g/mol. The average Bonchev–Trinajstić information content (AvgIpc) is 3.33. The number of urea groups is 1. The molecule has 0 aliphatic heterocycles. The maximum Gasteiger partial charge on any atom is 0.320 e. The standard InChI is InChI=1S/C24H21ClN4O4/c1-31-18-12-13-19(20(14-18)32-2)26-24(30)27-21(15-6-4-3-5-7-15)23-29-28-22(33-23)16-8-10-17(25)11-9-16/h3-14,21H,1-2H3,(H2,26,27,30)/t21-/m0/s1. The van der Waals surface area contributed by atoms with Gasteiger partial charge in [-0.2, -0.15) is 0 Å². The van der Waals surface area contributed by atoms with Gasteiger partial charge in [0.25, 0.3) is 0 Å². The molecule has 1 aromatic heterocycles. The number of rotatable bonds is 7.